The number of amidine groups is 1. The number of amides is 1. The lowest BCUT2D eigenvalue weighted by Gasteiger charge is -2.33. The molecule has 1 rings (SSSR count). The SMILES string of the molecule is C#CC(CC(CF)(COCc1ccccc1)OC)N(C=O)/C=C\C(N)=NC.CC.CC. The maximum atomic E-state index is 13.8. The van der Waals surface area contributed by atoms with Gasteiger partial charge in [0.1, 0.15) is 18.1 Å². The van der Waals surface area contributed by atoms with Crippen LogP contribution in [-0.2, 0) is 20.9 Å². The minimum absolute atomic E-state index is 0.0119. The van der Waals surface area contributed by atoms with E-state index in [4.69, 9.17) is 21.6 Å². The van der Waals surface area contributed by atoms with Crippen LogP contribution in [0.25, 0.3) is 0 Å². The molecule has 0 saturated carbocycles. The van der Waals surface area contributed by atoms with Gasteiger partial charge in [-0.2, -0.15) is 0 Å². The summed E-state index contributed by atoms with van der Waals surface area (Å²) in [5.74, 6) is 2.72. The van der Waals surface area contributed by atoms with Crippen LogP contribution in [0.1, 0.15) is 39.7 Å². The lowest BCUT2D eigenvalue weighted by molar-refractivity contribution is -0.121. The van der Waals surface area contributed by atoms with Gasteiger partial charge in [0.15, 0.2) is 0 Å². The summed E-state index contributed by atoms with van der Waals surface area (Å²) in [7, 11) is 2.91. The predicted octanol–water partition coefficient (Wildman–Crippen LogP) is 3.96. The van der Waals surface area contributed by atoms with Crippen LogP contribution in [0.4, 0.5) is 4.39 Å². The van der Waals surface area contributed by atoms with Crippen LogP contribution in [0.3, 0.4) is 0 Å². The molecule has 0 spiro atoms. The van der Waals surface area contributed by atoms with Crippen LogP contribution in [0.15, 0.2) is 47.6 Å². The van der Waals surface area contributed by atoms with E-state index in [2.05, 4.69) is 10.9 Å². The number of methoxy groups -OCH3 is 1. The molecule has 0 radical (unpaired) electrons. The predicted molar refractivity (Wildman–Crippen MR) is 126 cm³/mol. The summed E-state index contributed by atoms with van der Waals surface area (Å²) >= 11 is 0. The molecule has 7 heteroatoms. The molecule has 1 aromatic rings. The fourth-order valence-electron chi connectivity index (χ4n) is 2.33. The summed E-state index contributed by atoms with van der Waals surface area (Å²) in [5, 5.41) is 0. The molecule has 0 aliphatic carbocycles. The summed E-state index contributed by atoms with van der Waals surface area (Å²) in [5.41, 5.74) is 5.27. The van der Waals surface area contributed by atoms with Crippen LogP contribution >= 0.6 is 0 Å². The number of alkyl halides is 1. The number of hydrogen-bond donors (Lipinski definition) is 1. The molecule has 0 saturated heterocycles. The van der Waals surface area contributed by atoms with Crippen molar-refractivity contribution < 1.29 is 18.7 Å². The van der Waals surface area contributed by atoms with Gasteiger partial charge in [0.05, 0.1) is 19.3 Å². The second-order valence-corrected chi connectivity index (χ2v) is 5.90. The zero-order valence-corrected chi connectivity index (χ0v) is 19.7. The molecule has 0 aliphatic heterocycles. The molecule has 31 heavy (non-hydrogen) atoms. The van der Waals surface area contributed by atoms with E-state index in [1.165, 1.54) is 31.3 Å². The number of nitrogens with zero attached hydrogens (tertiary/aromatic N) is 2. The monoisotopic (exact) mass is 435 g/mol. The second-order valence-electron chi connectivity index (χ2n) is 5.90. The van der Waals surface area contributed by atoms with Crippen LogP contribution in [0, 0.1) is 12.3 Å². The smallest absolute Gasteiger partial charge is 0.214 e. The number of halogens is 1. The third kappa shape index (κ3) is 11.9. The highest BCUT2D eigenvalue weighted by Crippen LogP contribution is 2.22. The molecule has 2 atom stereocenters. The first-order chi connectivity index (χ1) is 15.0. The van der Waals surface area contributed by atoms with Crippen molar-refractivity contribution in [2.45, 2.75) is 52.4 Å². The minimum Gasteiger partial charge on any atom is -0.384 e. The van der Waals surface area contributed by atoms with Crippen molar-refractivity contribution >= 4 is 12.2 Å². The highest BCUT2D eigenvalue weighted by atomic mass is 19.1. The first-order valence-corrected chi connectivity index (χ1v) is 10.4. The topological polar surface area (TPSA) is 77.2 Å². The van der Waals surface area contributed by atoms with Gasteiger partial charge in [0.25, 0.3) is 0 Å². The Morgan fingerprint density at radius 1 is 1.32 bits per heavy atom. The van der Waals surface area contributed by atoms with E-state index in [0.29, 0.717) is 13.0 Å². The molecule has 174 valence electrons. The molecular weight excluding hydrogens is 397 g/mol. The Morgan fingerprint density at radius 2 is 1.94 bits per heavy atom. The van der Waals surface area contributed by atoms with Gasteiger partial charge in [-0.05, 0) is 11.6 Å². The number of hydrogen-bond acceptors (Lipinski definition) is 4. The van der Waals surface area contributed by atoms with E-state index in [9.17, 15) is 9.18 Å². The first kappa shape index (κ1) is 30.5. The lowest BCUT2D eigenvalue weighted by Crippen LogP contribution is -2.46. The van der Waals surface area contributed by atoms with Crippen LogP contribution in [0.2, 0.25) is 0 Å². The van der Waals surface area contributed by atoms with Crippen molar-refractivity contribution in [2.75, 3.05) is 27.4 Å². The Morgan fingerprint density at radius 3 is 2.39 bits per heavy atom. The molecular formula is C24H38FN3O3. The number of aliphatic imine (C=N–C) groups is 1. The highest BCUT2D eigenvalue weighted by molar-refractivity contribution is 5.91. The molecule has 2 unspecified atom stereocenters. The lowest BCUT2D eigenvalue weighted by atomic mass is 9.96. The second kappa shape index (κ2) is 19.3. The van der Waals surface area contributed by atoms with Crippen molar-refractivity contribution in [2.24, 2.45) is 10.7 Å². The quantitative estimate of drug-likeness (QED) is 0.233. The average Bonchev–Trinajstić information content (AvgIpc) is 2.85. The average molecular weight is 436 g/mol. The summed E-state index contributed by atoms with van der Waals surface area (Å²) in [4.78, 5) is 16.4. The molecule has 0 aromatic heterocycles. The maximum absolute atomic E-state index is 13.8. The summed E-state index contributed by atoms with van der Waals surface area (Å²) < 4.78 is 24.9. The highest BCUT2D eigenvalue weighted by Gasteiger charge is 2.35. The number of terminal acetylenes is 1. The van der Waals surface area contributed by atoms with E-state index in [-0.39, 0.29) is 18.9 Å². The Kier molecular flexibility index (Phi) is 19.0. The number of carbonyl (C=O) groups excluding carboxylic acids is 1. The van der Waals surface area contributed by atoms with Crippen molar-refractivity contribution in [3.05, 3.63) is 48.2 Å². The fraction of sp³-hybridized carbons (Fsp3) is 0.500. The molecule has 1 amide bonds. The van der Waals surface area contributed by atoms with Crippen LogP contribution in [0.5, 0.6) is 0 Å². The molecule has 1 aromatic carbocycles. The Balaban J connectivity index is 0. The van der Waals surface area contributed by atoms with Crippen LogP contribution < -0.4 is 5.73 Å². The molecule has 6 nitrogen and oxygen atoms in total. The zero-order chi connectivity index (χ0) is 24.1. The number of ether oxygens (including phenoxy) is 2. The van der Waals surface area contributed by atoms with E-state index in [1.807, 2.05) is 58.0 Å². The van der Waals surface area contributed by atoms with Gasteiger partial charge in [-0.15, -0.1) is 6.42 Å². The fourth-order valence-corrected chi connectivity index (χ4v) is 2.33. The van der Waals surface area contributed by atoms with Gasteiger partial charge >= 0.3 is 0 Å². The first-order valence-electron chi connectivity index (χ1n) is 10.4. The van der Waals surface area contributed by atoms with Crippen molar-refractivity contribution in [1.29, 1.82) is 0 Å². The van der Waals surface area contributed by atoms with Gasteiger partial charge in [0, 0.05) is 26.8 Å². The third-order valence-electron chi connectivity index (χ3n) is 4.07. The van der Waals surface area contributed by atoms with Gasteiger partial charge in [-0.3, -0.25) is 9.79 Å². The Labute approximate surface area is 187 Å². The Bertz CT molecular complexity index is 668. The van der Waals surface area contributed by atoms with E-state index in [1.54, 1.807) is 0 Å². The number of rotatable bonds is 12. The molecule has 0 bridgehead atoms. The third-order valence-corrected chi connectivity index (χ3v) is 4.07. The van der Waals surface area contributed by atoms with Gasteiger partial charge in [0.2, 0.25) is 6.41 Å². The maximum Gasteiger partial charge on any atom is 0.214 e. The summed E-state index contributed by atoms with van der Waals surface area (Å²) in [6.45, 7) is 7.49. The number of carbonyl (C=O) groups is 1. The van der Waals surface area contributed by atoms with Gasteiger partial charge in [-0.25, -0.2) is 4.39 Å². The number of nitrogens with two attached hydrogens (primary N) is 1. The standard InChI is InChI=1S/C20H26FN3O3.2C2H6/c1-4-18(24(16-25)11-10-19(22)23-2)12-20(14-21,26-3)15-27-13-17-8-6-5-7-9-17;2*1-2/h1,5-11,16,18H,12-15H2,2-3H3,(H2,22,23);2*1-2H3/b11-10-;;. The summed E-state index contributed by atoms with van der Waals surface area (Å²) in [6.07, 6.45) is 9.01. The van der Waals surface area contributed by atoms with E-state index in [0.717, 1.165) is 5.56 Å². The molecule has 2 N–H and O–H groups in total. The van der Waals surface area contributed by atoms with Crippen molar-refractivity contribution in [3.8, 4) is 12.3 Å². The number of benzene rings is 1. The van der Waals surface area contributed by atoms with E-state index < -0.39 is 18.3 Å². The normalized spacial score (nSPS) is 13.5. The van der Waals surface area contributed by atoms with Crippen LogP contribution in [-0.4, -0.2) is 56.2 Å². The van der Waals surface area contributed by atoms with Gasteiger partial charge in [-0.1, -0.05) is 63.9 Å². The van der Waals surface area contributed by atoms with Crippen molar-refractivity contribution in [3.63, 3.8) is 0 Å². The van der Waals surface area contributed by atoms with Crippen molar-refractivity contribution in [1.82, 2.24) is 4.90 Å². The Hall–Kier alpha value is -2.69. The molecule has 0 aliphatic rings. The summed E-state index contributed by atoms with van der Waals surface area (Å²) in [6, 6.07) is 8.77. The van der Waals surface area contributed by atoms with E-state index >= 15 is 0 Å². The molecule has 0 heterocycles. The largest absolute Gasteiger partial charge is 0.384 e. The minimum atomic E-state index is -1.27. The van der Waals surface area contributed by atoms with Gasteiger partial charge < -0.3 is 20.1 Å². The zero-order valence-electron chi connectivity index (χ0n) is 19.7. The molecule has 0 fully saturated rings.